The van der Waals surface area contributed by atoms with E-state index in [9.17, 15) is 4.79 Å². The monoisotopic (exact) mass is 279 g/mol. The highest BCUT2D eigenvalue weighted by Crippen LogP contribution is 2.22. The molecule has 1 N–H and O–H groups in total. The van der Waals surface area contributed by atoms with E-state index in [2.05, 4.69) is 5.32 Å². The van der Waals surface area contributed by atoms with Gasteiger partial charge in [-0.05, 0) is 24.1 Å². The Bertz CT molecular complexity index is 381. The Morgan fingerprint density at radius 3 is 2.62 bits per heavy atom. The summed E-state index contributed by atoms with van der Waals surface area (Å²) in [6, 6.07) is 4.78. The van der Waals surface area contributed by atoms with E-state index in [0.717, 1.165) is 0 Å². The van der Waals surface area contributed by atoms with Crippen molar-refractivity contribution in [1.82, 2.24) is 5.32 Å². The minimum absolute atomic E-state index is 0.171. The van der Waals surface area contributed by atoms with Gasteiger partial charge in [0.15, 0.2) is 0 Å². The zero-order valence-electron chi connectivity index (χ0n) is 8.77. The highest BCUT2D eigenvalue weighted by molar-refractivity contribution is 6.42. The topological polar surface area (TPSA) is 29.1 Å². The van der Waals surface area contributed by atoms with Crippen LogP contribution >= 0.6 is 34.8 Å². The van der Waals surface area contributed by atoms with Crippen molar-refractivity contribution in [2.75, 3.05) is 12.4 Å². The average molecular weight is 281 g/mol. The summed E-state index contributed by atoms with van der Waals surface area (Å²) in [6.07, 6.45) is 0. The van der Waals surface area contributed by atoms with Crippen LogP contribution in [0.4, 0.5) is 0 Å². The lowest BCUT2D eigenvalue weighted by molar-refractivity contribution is 0.0949. The second kappa shape index (κ2) is 6.33. The van der Waals surface area contributed by atoms with E-state index in [4.69, 9.17) is 34.8 Å². The summed E-state index contributed by atoms with van der Waals surface area (Å²) in [4.78, 5) is 11.7. The van der Waals surface area contributed by atoms with Crippen LogP contribution in [-0.2, 0) is 0 Å². The first-order valence-electron chi connectivity index (χ1n) is 4.83. The summed E-state index contributed by atoms with van der Waals surface area (Å²) in [5.74, 6) is 0.589. The van der Waals surface area contributed by atoms with Crippen LogP contribution in [0.1, 0.15) is 17.3 Å². The smallest absolute Gasteiger partial charge is 0.251 e. The van der Waals surface area contributed by atoms with Crippen LogP contribution in [-0.4, -0.2) is 18.3 Å². The number of benzene rings is 1. The first kappa shape index (κ1) is 13.6. The van der Waals surface area contributed by atoms with Crippen LogP contribution in [0, 0.1) is 5.92 Å². The lowest BCUT2D eigenvalue weighted by Crippen LogP contribution is -2.28. The fourth-order valence-electron chi connectivity index (χ4n) is 1.06. The second-order valence-corrected chi connectivity index (χ2v) is 4.72. The van der Waals surface area contributed by atoms with Gasteiger partial charge in [-0.15, -0.1) is 11.6 Å². The van der Waals surface area contributed by atoms with Gasteiger partial charge in [0, 0.05) is 18.0 Å². The minimum Gasteiger partial charge on any atom is -0.352 e. The van der Waals surface area contributed by atoms with E-state index in [1.807, 2.05) is 6.92 Å². The maximum absolute atomic E-state index is 11.7. The molecule has 1 amide bonds. The molecule has 0 heterocycles. The molecule has 1 atom stereocenters. The average Bonchev–Trinajstić information content (AvgIpc) is 2.29. The normalized spacial score (nSPS) is 12.2. The molecule has 0 aliphatic heterocycles. The van der Waals surface area contributed by atoms with E-state index in [-0.39, 0.29) is 11.8 Å². The number of carbonyl (C=O) groups excluding carboxylic acids is 1. The molecule has 1 unspecified atom stereocenters. The van der Waals surface area contributed by atoms with E-state index >= 15 is 0 Å². The minimum atomic E-state index is -0.171. The largest absolute Gasteiger partial charge is 0.352 e. The molecule has 0 aliphatic carbocycles. The summed E-state index contributed by atoms with van der Waals surface area (Å²) < 4.78 is 0. The molecule has 0 fully saturated rings. The van der Waals surface area contributed by atoms with Crippen molar-refractivity contribution in [3.63, 3.8) is 0 Å². The molecule has 5 heteroatoms. The standard InChI is InChI=1S/C11H12Cl3NO/c1-7(5-12)6-15-11(16)8-2-3-9(13)10(14)4-8/h2-4,7H,5-6H2,1H3,(H,15,16). The van der Waals surface area contributed by atoms with Gasteiger partial charge in [-0.1, -0.05) is 30.1 Å². The third-order valence-electron chi connectivity index (χ3n) is 2.06. The van der Waals surface area contributed by atoms with Crippen LogP contribution in [0.15, 0.2) is 18.2 Å². The van der Waals surface area contributed by atoms with Gasteiger partial charge >= 0.3 is 0 Å². The predicted molar refractivity (Wildman–Crippen MR) is 68.7 cm³/mol. The van der Waals surface area contributed by atoms with E-state index in [1.165, 1.54) is 0 Å². The Hall–Kier alpha value is -0.440. The molecule has 2 nitrogen and oxygen atoms in total. The molecule has 1 rings (SSSR count). The number of halogens is 3. The Morgan fingerprint density at radius 2 is 2.06 bits per heavy atom. The third-order valence-corrected chi connectivity index (χ3v) is 3.32. The number of nitrogens with one attached hydrogen (secondary N) is 1. The SMILES string of the molecule is CC(CCl)CNC(=O)c1ccc(Cl)c(Cl)c1. The summed E-state index contributed by atoms with van der Waals surface area (Å²) in [5.41, 5.74) is 0.496. The summed E-state index contributed by atoms with van der Waals surface area (Å²) in [5, 5.41) is 3.58. The van der Waals surface area contributed by atoms with E-state index in [0.29, 0.717) is 28.0 Å². The first-order valence-corrected chi connectivity index (χ1v) is 6.13. The molecular weight excluding hydrogens is 268 g/mol. The Morgan fingerprint density at radius 1 is 1.38 bits per heavy atom. The Labute approximate surface area is 110 Å². The molecule has 0 saturated carbocycles. The van der Waals surface area contributed by atoms with Crippen molar-refractivity contribution in [2.24, 2.45) is 5.92 Å². The molecular formula is C11H12Cl3NO. The van der Waals surface area contributed by atoms with Crippen molar-refractivity contribution in [1.29, 1.82) is 0 Å². The number of hydrogen-bond donors (Lipinski definition) is 1. The highest BCUT2D eigenvalue weighted by atomic mass is 35.5. The lowest BCUT2D eigenvalue weighted by atomic mass is 10.2. The van der Waals surface area contributed by atoms with Crippen molar-refractivity contribution >= 4 is 40.7 Å². The van der Waals surface area contributed by atoms with Gasteiger partial charge < -0.3 is 5.32 Å². The highest BCUT2D eigenvalue weighted by Gasteiger charge is 2.09. The van der Waals surface area contributed by atoms with Crippen LogP contribution in [0.3, 0.4) is 0 Å². The number of hydrogen-bond acceptors (Lipinski definition) is 1. The number of alkyl halides is 1. The summed E-state index contributed by atoms with van der Waals surface area (Å²) in [7, 11) is 0. The third kappa shape index (κ3) is 3.85. The molecule has 88 valence electrons. The molecule has 16 heavy (non-hydrogen) atoms. The lowest BCUT2D eigenvalue weighted by Gasteiger charge is -2.09. The fourth-order valence-corrected chi connectivity index (χ4v) is 1.47. The Kier molecular flexibility index (Phi) is 5.39. The molecule has 0 aliphatic rings. The van der Waals surface area contributed by atoms with E-state index < -0.39 is 0 Å². The molecule has 0 aromatic heterocycles. The van der Waals surface area contributed by atoms with Crippen molar-refractivity contribution in [3.8, 4) is 0 Å². The van der Waals surface area contributed by atoms with Crippen molar-refractivity contribution in [3.05, 3.63) is 33.8 Å². The van der Waals surface area contributed by atoms with Crippen molar-refractivity contribution in [2.45, 2.75) is 6.92 Å². The Balaban J connectivity index is 2.63. The maximum Gasteiger partial charge on any atom is 0.251 e. The second-order valence-electron chi connectivity index (χ2n) is 3.60. The van der Waals surface area contributed by atoms with Gasteiger partial charge in [0.25, 0.3) is 5.91 Å². The zero-order valence-corrected chi connectivity index (χ0v) is 11.0. The van der Waals surface area contributed by atoms with Gasteiger partial charge in [-0.25, -0.2) is 0 Å². The number of carbonyl (C=O) groups is 1. The summed E-state index contributed by atoms with van der Waals surface area (Å²) >= 11 is 17.2. The quantitative estimate of drug-likeness (QED) is 0.839. The maximum atomic E-state index is 11.7. The van der Waals surface area contributed by atoms with E-state index in [1.54, 1.807) is 18.2 Å². The van der Waals surface area contributed by atoms with Gasteiger partial charge in [-0.2, -0.15) is 0 Å². The van der Waals surface area contributed by atoms with Gasteiger partial charge in [0.1, 0.15) is 0 Å². The van der Waals surface area contributed by atoms with Gasteiger partial charge in [-0.3, -0.25) is 4.79 Å². The van der Waals surface area contributed by atoms with Crippen LogP contribution in [0.5, 0.6) is 0 Å². The number of rotatable bonds is 4. The van der Waals surface area contributed by atoms with Crippen LogP contribution in [0.25, 0.3) is 0 Å². The summed E-state index contributed by atoms with van der Waals surface area (Å²) in [6.45, 7) is 2.50. The van der Waals surface area contributed by atoms with Crippen molar-refractivity contribution < 1.29 is 4.79 Å². The molecule has 0 bridgehead atoms. The van der Waals surface area contributed by atoms with Gasteiger partial charge in [0.05, 0.1) is 10.0 Å². The predicted octanol–water partition coefficient (Wildman–Crippen LogP) is 3.60. The molecule has 0 saturated heterocycles. The van der Waals surface area contributed by atoms with Crippen LogP contribution < -0.4 is 5.32 Å². The van der Waals surface area contributed by atoms with Gasteiger partial charge in [0.2, 0.25) is 0 Å². The fraction of sp³-hybridized carbons (Fsp3) is 0.364. The molecule has 1 aromatic rings. The number of amides is 1. The zero-order chi connectivity index (χ0) is 12.1. The first-order chi connectivity index (χ1) is 7.54. The molecule has 0 radical (unpaired) electrons. The molecule has 0 spiro atoms. The molecule has 1 aromatic carbocycles. The van der Waals surface area contributed by atoms with Crippen LogP contribution in [0.2, 0.25) is 10.0 Å².